The number of benzene rings is 2. The second-order valence-electron chi connectivity index (χ2n) is 8.62. The zero-order valence-electron chi connectivity index (χ0n) is 16.0. The Morgan fingerprint density at radius 2 is 1.78 bits per heavy atom. The van der Waals surface area contributed by atoms with Crippen molar-refractivity contribution >= 4 is 16.7 Å². The summed E-state index contributed by atoms with van der Waals surface area (Å²) >= 11 is 0. The van der Waals surface area contributed by atoms with Gasteiger partial charge in [0.05, 0.1) is 13.4 Å². The van der Waals surface area contributed by atoms with Crippen molar-refractivity contribution in [2.24, 2.45) is 17.8 Å². The molecule has 0 saturated heterocycles. The second-order valence-corrected chi connectivity index (χ2v) is 8.62. The fraction of sp³-hybridized carbons (Fsp3) is 0.458. The van der Waals surface area contributed by atoms with Crippen LogP contribution in [0.5, 0.6) is 0 Å². The Hall–Kier alpha value is -2.29. The van der Waals surface area contributed by atoms with Crippen LogP contribution in [-0.2, 0) is 19.7 Å². The Bertz CT molecular complexity index is 912. The van der Waals surface area contributed by atoms with Crippen LogP contribution in [0.4, 0.5) is 0 Å². The van der Waals surface area contributed by atoms with Crippen molar-refractivity contribution in [3.8, 4) is 0 Å². The van der Waals surface area contributed by atoms with E-state index in [9.17, 15) is 4.79 Å². The van der Waals surface area contributed by atoms with E-state index in [1.54, 1.807) is 14.0 Å². The van der Waals surface area contributed by atoms with Gasteiger partial charge in [-0.05, 0) is 65.3 Å². The molecule has 140 valence electrons. The number of rotatable bonds is 3. The lowest BCUT2D eigenvalue weighted by Gasteiger charge is -2.60. The number of allylic oxidation sites excluding steroid dienone is 1. The van der Waals surface area contributed by atoms with Crippen molar-refractivity contribution in [3.63, 3.8) is 0 Å². The van der Waals surface area contributed by atoms with E-state index in [0.29, 0.717) is 17.8 Å². The molecule has 4 aliphatic rings. The molecule has 0 N–H and O–H groups in total. The van der Waals surface area contributed by atoms with Gasteiger partial charge in [-0.3, -0.25) is 4.79 Å². The van der Waals surface area contributed by atoms with E-state index in [0.717, 1.165) is 25.7 Å². The first-order chi connectivity index (χ1) is 13.1. The Morgan fingerprint density at radius 1 is 1.07 bits per heavy atom. The third-order valence-electron chi connectivity index (χ3n) is 7.17. The molecule has 3 nitrogen and oxygen atoms in total. The largest absolute Gasteiger partial charge is 0.504 e. The van der Waals surface area contributed by atoms with Crippen LogP contribution < -0.4 is 0 Å². The molecule has 0 amide bonds. The average molecular weight is 362 g/mol. The average Bonchev–Trinajstić information content (AvgIpc) is 2.65. The van der Waals surface area contributed by atoms with Crippen LogP contribution in [-0.4, -0.2) is 19.2 Å². The predicted molar refractivity (Wildman–Crippen MR) is 105 cm³/mol. The van der Waals surface area contributed by atoms with Crippen LogP contribution >= 0.6 is 0 Å². The van der Waals surface area contributed by atoms with E-state index in [1.807, 2.05) is 6.26 Å². The lowest BCUT2D eigenvalue weighted by Crippen LogP contribution is -2.57. The molecule has 0 radical (unpaired) electrons. The van der Waals surface area contributed by atoms with Crippen molar-refractivity contribution in [2.45, 2.75) is 44.1 Å². The fourth-order valence-corrected chi connectivity index (χ4v) is 6.35. The monoisotopic (exact) mass is 362 g/mol. The summed E-state index contributed by atoms with van der Waals surface area (Å²) in [4.78, 5) is 11.6. The summed E-state index contributed by atoms with van der Waals surface area (Å²) in [6.07, 6.45) is 6.42. The van der Waals surface area contributed by atoms with Crippen molar-refractivity contribution in [3.05, 3.63) is 59.9 Å². The van der Waals surface area contributed by atoms with Crippen LogP contribution in [0.1, 0.15) is 38.2 Å². The summed E-state index contributed by atoms with van der Waals surface area (Å²) in [6.45, 7) is 1.54. The lowest BCUT2D eigenvalue weighted by molar-refractivity contribution is -0.165. The normalized spacial score (nSPS) is 35.6. The molecular formula is C24H26O3. The molecule has 27 heavy (non-hydrogen) atoms. The summed E-state index contributed by atoms with van der Waals surface area (Å²) in [6, 6.07) is 15.5. The fourth-order valence-electron chi connectivity index (χ4n) is 6.35. The predicted octanol–water partition coefficient (Wildman–Crippen LogP) is 4.99. The molecule has 0 aromatic heterocycles. The van der Waals surface area contributed by atoms with Gasteiger partial charge in [0.25, 0.3) is 0 Å². The number of methoxy groups -OCH3 is 1. The number of ether oxygens (including phenoxy) is 2. The van der Waals surface area contributed by atoms with Crippen molar-refractivity contribution in [1.82, 2.24) is 0 Å². The maximum Gasteiger partial charge on any atom is 0.302 e. The first-order valence-electron chi connectivity index (χ1n) is 10.0. The van der Waals surface area contributed by atoms with Gasteiger partial charge in [0.15, 0.2) is 0 Å². The van der Waals surface area contributed by atoms with E-state index >= 15 is 0 Å². The van der Waals surface area contributed by atoms with Gasteiger partial charge in [0.2, 0.25) is 0 Å². The molecule has 4 bridgehead atoms. The van der Waals surface area contributed by atoms with E-state index < -0.39 is 0 Å². The van der Waals surface area contributed by atoms with Gasteiger partial charge in [-0.25, -0.2) is 0 Å². The van der Waals surface area contributed by atoms with Gasteiger partial charge in [-0.15, -0.1) is 0 Å². The highest BCUT2D eigenvalue weighted by atomic mass is 16.5. The maximum atomic E-state index is 11.6. The molecule has 6 rings (SSSR count). The highest BCUT2D eigenvalue weighted by Gasteiger charge is 2.59. The number of hydrogen-bond donors (Lipinski definition) is 0. The van der Waals surface area contributed by atoms with Crippen molar-refractivity contribution in [2.75, 3.05) is 7.11 Å². The minimum atomic E-state index is -0.139. The van der Waals surface area contributed by atoms with Gasteiger partial charge in [-0.2, -0.15) is 0 Å². The summed E-state index contributed by atoms with van der Waals surface area (Å²) in [5.41, 5.74) is 2.87. The Balaban J connectivity index is 1.61. The molecule has 0 heterocycles. The number of carbonyl (C=O) groups excluding carboxylic acids is 1. The zero-order chi connectivity index (χ0) is 18.6. The second kappa shape index (κ2) is 6.12. The molecule has 4 saturated carbocycles. The van der Waals surface area contributed by atoms with Crippen molar-refractivity contribution < 1.29 is 14.3 Å². The third-order valence-corrected chi connectivity index (χ3v) is 7.17. The summed E-state index contributed by atoms with van der Waals surface area (Å²) in [5, 5.41) is 2.57. The highest BCUT2D eigenvalue weighted by molar-refractivity contribution is 5.83. The Morgan fingerprint density at radius 3 is 2.44 bits per heavy atom. The lowest BCUT2D eigenvalue weighted by atomic mass is 9.45. The van der Waals surface area contributed by atoms with Gasteiger partial charge in [0, 0.05) is 12.3 Å². The summed E-state index contributed by atoms with van der Waals surface area (Å²) < 4.78 is 11.3. The summed E-state index contributed by atoms with van der Waals surface area (Å²) in [5.74, 6) is 1.30. The molecule has 3 heteroatoms. The quantitative estimate of drug-likeness (QED) is 0.570. The first kappa shape index (κ1) is 16.9. The molecule has 0 aliphatic heterocycles. The van der Waals surface area contributed by atoms with Gasteiger partial charge in [0.1, 0.15) is 6.10 Å². The molecule has 0 spiro atoms. The standard InChI is InChI=1S/C24H26O3/c1-15(25)27-23-19-9-18-10-20(23)13-24(12-19,22(18)14-26-2)21-8-7-16-5-3-4-6-17(16)11-21/h3-8,11,14,18-20,23H,9-10,12-13H2,1-2H3. The molecule has 2 unspecified atom stereocenters. The van der Waals surface area contributed by atoms with Crippen LogP contribution in [0, 0.1) is 17.8 Å². The summed E-state index contributed by atoms with van der Waals surface area (Å²) in [7, 11) is 1.76. The van der Waals surface area contributed by atoms with Crippen LogP contribution in [0.15, 0.2) is 54.3 Å². The van der Waals surface area contributed by atoms with E-state index in [-0.39, 0.29) is 17.5 Å². The number of esters is 1. The van der Waals surface area contributed by atoms with E-state index in [2.05, 4.69) is 42.5 Å². The Kier molecular flexibility index (Phi) is 3.82. The molecule has 2 aromatic carbocycles. The third kappa shape index (κ3) is 2.51. The molecule has 2 atom stereocenters. The van der Waals surface area contributed by atoms with Gasteiger partial charge in [-0.1, -0.05) is 42.5 Å². The maximum absolute atomic E-state index is 11.6. The number of hydrogen-bond acceptors (Lipinski definition) is 3. The first-order valence-corrected chi connectivity index (χ1v) is 10.0. The smallest absolute Gasteiger partial charge is 0.302 e. The highest BCUT2D eigenvalue weighted by Crippen LogP contribution is 2.64. The number of fused-ring (bicyclic) bond motifs is 1. The molecular weight excluding hydrogens is 336 g/mol. The topological polar surface area (TPSA) is 35.5 Å². The molecule has 4 aliphatic carbocycles. The van der Waals surface area contributed by atoms with E-state index in [1.165, 1.54) is 21.9 Å². The number of carbonyl (C=O) groups is 1. The molecule has 4 fully saturated rings. The SMILES string of the molecule is COC=C1C2CC3CC1(c1ccc4ccccc4c1)CC(C2)C3OC(C)=O. The minimum Gasteiger partial charge on any atom is -0.504 e. The van der Waals surface area contributed by atoms with E-state index in [4.69, 9.17) is 9.47 Å². The van der Waals surface area contributed by atoms with Crippen LogP contribution in [0.3, 0.4) is 0 Å². The minimum absolute atomic E-state index is 0.0210. The van der Waals surface area contributed by atoms with Crippen LogP contribution in [0.25, 0.3) is 10.8 Å². The van der Waals surface area contributed by atoms with Crippen molar-refractivity contribution in [1.29, 1.82) is 0 Å². The Labute approximate surface area is 160 Å². The molecule has 2 aromatic rings. The van der Waals surface area contributed by atoms with Gasteiger partial charge < -0.3 is 9.47 Å². The zero-order valence-corrected chi connectivity index (χ0v) is 16.0. The van der Waals surface area contributed by atoms with Gasteiger partial charge >= 0.3 is 5.97 Å². The van der Waals surface area contributed by atoms with Crippen LogP contribution in [0.2, 0.25) is 0 Å².